The lowest BCUT2D eigenvalue weighted by atomic mass is 10.00. The van der Waals surface area contributed by atoms with E-state index in [0.717, 1.165) is 12.8 Å². The predicted octanol–water partition coefficient (Wildman–Crippen LogP) is 0.381. The average Bonchev–Trinajstić information content (AvgIpc) is 2.36. The molecule has 0 bridgehead atoms. The fourth-order valence-corrected chi connectivity index (χ4v) is 1.56. The van der Waals surface area contributed by atoms with Crippen LogP contribution in [0.2, 0.25) is 0 Å². The lowest BCUT2D eigenvalue weighted by Crippen LogP contribution is -2.37. The van der Waals surface area contributed by atoms with Crippen molar-refractivity contribution in [2.24, 2.45) is 5.92 Å². The Labute approximate surface area is 110 Å². The number of nitrogens with zero attached hydrogens (tertiary/aromatic N) is 1. The third kappa shape index (κ3) is 7.37. The molecule has 110 valence electrons. The summed E-state index contributed by atoms with van der Waals surface area (Å²) in [5.41, 5.74) is 1.33. The second-order valence-corrected chi connectivity index (χ2v) is 4.20. The minimum Gasteiger partial charge on any atom is -0.481 e. The van der Waals surface area contributed by atoms with Gasteiger partial charge in [-0.3, -0.25) is 24.8 Å². The molecular weight excluding hydrogens is 256 g/mol. The molecule has 0 aromatic heterocycles. The Hall–Kier alpha value is -1.67. The second-order valence-electron chi connectivity index (χ2n) is 4.20. The number of unbranched alkanes of at least 4 members (excludes halogenated alkanes) is 2. The molecule has 0 aliphatic heterocycles. The van der Waals surface area contributed by atoms with Crippen molar-refractivity contribution >= 4 is 17.8 Å². The molecule has 0 aliphatic carbocycles. The number of amides is 2. The van der Waals surface area contributed by atoms with Crippen molar-refractivity contribution in [3.05, 3.63) is 0 Å². The van der Waals surface area contributed by atoms with Gasteiger partial charge in [0.1, 0.15) is 0 Å². The Morgan fingerprint density at radius 2 is 1.84 bits per heavy atom. The molecule has 8 heteroatoms. The van der Waals surface area contributed by atoms with E-state index in [4.69, 9.17) is 10.3 Å². The summed E-state index contributed by atoms with van der Waals surface area (Å²) in [5.74, 6) is -4.16. The number of rotatable bonds is 9. The number of hydrogen-bond acceptors (Lipinski definition) is 5. The van der Waals surface area contributed by atoms with Gasteiger partial charge in [-0.25, -0.2) is 10.5 Å². The highest BCUT2D eigenvalue weighted by molar-refractivity contribution is 5.87. The van der Waals surface area contributed by atoms with E-state index in [0.29, 0.717) is 11.5 Å². The van der Waals surface area contributed by atoms with Gasteiger partial charge in [0.05, 0.1) is 12.3 Å². The molecule has 0 spiro atoms. The molecule has 1 unspecified atom stereocenters. The molecule has 0 heterocycles. The summed E-state index contributed by atoms with van der Waals surface area (Å²) in [6.07, 6.45) is 1.24. The fraction of sp³-hybridized carbons (Fsp3) is 0.727. The van der Waals surface area contributed by atoms with Gasteiger partial charge in [0, 0.05) is 13.0 Å². The summed E-state index contributed by atoms with van der Waals surface area (Å²) in [4.78, 5) is 33.4. The second kappa shape index (κ2) is 9.29. The summed E-state index contributed by atoms with van der Waals surface area (Å²) in [7, 11) is 0. The van der Waals surface area contributed by atoms with Crippen LogP contribution in [-0.4, -0.2) is 44.9 Å². The van der Waals surface area contributed by atoms with Crippen molar-refractivity contribution in [1.29, 1.82) is 0 Å². The van der Waals surface area contributed by atoms with E-state index < -0.39 is 36.5 Å². The number of hydroxylamine groups is 3. The molecule has 0 rings (SSSR count). The number of hydrogen-bond donors (Lipinski definition) is 4. The zero-order chi connectivity index (χ0) is 14.8. The van der Waals surface area contributed by atoms with Gasteiger partial charge in [-0.05, 0) is 6.42 Å². The molecule has 4 N–H and O–H groups in total. The quantitative estimate of drug-likeness (QED) is 0.274. The first kappa shape index (κ1) is 17.3. The first-order chi connectivity index (χ1) is 8.92. The van der Waals surface area contributed by atoms with E-state index in [1.54, 1.807) is 0 Å². The first-order valence-electron chi connectivity index (χ1n) is 6.07. The summed E-state index contributed by atoms with van der Waals surface area (Å²) >= 11 is 0. The minimum atomic E-state index is -1.26. The molecule has 0 aromatic carbocycles. The number of carbonyl (C=O) groups is 3. The van der Waals surface area contributed by atoms with Gasteiger partial charge in [0.2, 0.25) is 11.8 Å². The predicted molar refractivity (Wildman–Crippen MR) is 63.3 cm³/mol. The number of aliphatic carboxylic acids is 1. The molecule has 0 saturated heterocycles. The number of carbonyl (C=O) groups excluding carboxylic acids is 2. The van der Waals surface area contributed by atoms with Crippen molar-refractivity contribution in [3.63, 3.8) is 0 Å². The van der Waals surface area contributed by atoms with Crippen LogP contribution in [0.15, 0.2) is 0 Å². The lowest BCUT2D eigenvalue weighted by molar-refractivity contribution is -0.173. The van der Waals surface area contributed by atoms with Crippen LogP contribution < -0.4 is 5.48 Å². The molecule has 0 saturated carbocycles. The van der Waals surface area contributed by atoms with Crippen molar-refractivity contribution in [1.82, 2.24) is 10.5 Å². The lowest BCUT2D eigenvalue weighted by Gasteiger charge is -2.20. The van der Waals surface area contributed by atoms with E-state index in [2.05, 4.69) is 0 Å². The maximum Gasteiger partial charge on any atom is 0.304 e. The summed E-state index contributed by atoms with van der Waals surface area (Å²) in [5, 5.41) is 27.0. The van der Waals surface area contributed by atoms with Crippen LogP contribution in [0.25, 0.3) is 0 Å². The van der Waals surface area contributed by atoms with Crippen LogP contribution in [-0.2, 0) is 14.4 Å². The Morgan fingerprint density at radius 3 is 2.32 bits per heavy atom. The smallest absolute Gasteiger partial charge is 0.304 e. The SMILES string of the molecule is CCCCCN(O)C(=O)C(CC(=O)O)CC(=O)NO. The van der Waals surface area contributed by atoms with E-state index in [1.165, 1.54) is 5.48 Å². The van der Waals surface area contributed by atoms with Crippen molar-refractivity contribution in [2.45, 2.75) is 39.0 Å². The van der Waals surface area contributed by atoms with Gasteiger partial charge in [-0.1, -0.05) is 19.8 Å². The largest absolute Gasteiger partial charge is 0.481 e. The number of carboxylic acids is 1. The van der Waals surface area contributed by atoms with Crippen LogP contribution >= 0.6 is 0 Å². The van der Waals surface area contributed by atoms with Crippen molar-refractivity contribution in [2.75, 3.05) is 6.54 Å². The van der Waals surface area contributed by atoms with E-state index in [9.17, 15) is 19.6 Å². The van der Waals surface area contributed by atoms with E-state index >= 15 is 0 Å². The van der Waals surface area contributed by atoms with Gasteiger partial charge in [0.15, 0.2) is 0 Å². The highest BCUT2D eigenvalue weighted by Gasteiger charge is 2.28. The topological polar surface area (TPSA) is 127 Å². The molecule has 2 amide bonds. The number of nitrogens with one attached hydrogen (secondary N) is 1. The van der Waals surface area contributed by atoms with Crippen LogP contribution in [0.3, 0.4) is 0 Å². The molecule has 0 radical (unpaired) electrons. The van der Waals surface area contributed by atoms with E-state index in [-0.39, 0.29) is 6.54 Å². The standard InChI is InChI=1S/C11H20N2O6/c1-2-3-4-5-13(19)11(17)8(7-10(15)16)6-9(14)12-18/h8,18-19H,2-7H2,1H3,(H,12,14)(H,15,16). The van der Waals surface area contributed by atoms with Gasteiger partial charge < -0.3 is 5.11 Å². The average molecular weight is 276 g/mol. The zero-order valence-corrected chi connectivity index (χ0v) is 10.8. The normalized spacial score (nSPS) is 11.7. The van der Waals surface area contributed by atoms with Gasteiger partial charge >= 0.3 is 5.97 Å². The highest BCUT2D eigenvalue weighted by Crippen LogP contribution is 2.13. The number of carboxylic acid groups (broad SMARTS) is 1. The summed E-state index contributed by atoms with van der Waals surface area (Å²) in [6.45, 7) is 2.05. The first-order valence-corrected chi connectivity index (χ1v) is 6.07. The monoisotopic (exact) mass is 276 g/mol. The Balaban J connectivity index is 4.51. The third-order valence-electron chi connectivity index (χ3n) is 2.55. The Morgan fingerprint density at radius 1 is 1.21 bits per heavy atom. The molecule has 0 aliphatic rings. The van der Waals surface area contributed by atoms with E-state index in [1.807, 2.05) is 6.92 Å². The van der Waals surface area contributed by atoms with Crippen LogP contribution in [0.4, 0.5) is 0 Å². The highest BCUT2D eigenvalue weighted by atomic mass is 16.5. The molecule has 0 fully saturated rings. The minimum absolute atomic E-state index is 0.0868. The zero-order valence-electron chi connectivity index (χ0n) is 10.8. The Bertz CT molecular complexity index is 320. The van der Waals surface area contributed by atoms with Gasteiger partial charge in [0.25, 0.3) is 0 Å². The summed E-state index contributed by atoms with van der Waals surface area (Å²) in [6, 6.07) is 0. The van der Waals surface area contributed by atoms with Crippen molar-refractivity contribution in [3.8, 4) is 0 Å². The fourth-order valence-electron chi connectivity index (χ4n) is 1.56. The molecule has 19 heavy (non-hydrogen) atoms. The molecular formula is C11H20N2O6. The third-order valence-corrected chi connectivity index (χ3v) is 2.55. The maximum atomic E-state index is 11.8. The van der Waals surface area contributed by atoms with Crippen molar-refractivity contribution < 1.29 is 29.9 Å². The van der Waals surface area contributed by atoms with Gasteiger partial charge in [-0.15, -0.1) is 0 Å². The van der Waals surface area contributed by atoms with Gasteiger partial charge in [-0.2, -0.15) is 0 Å². The maximum absolute atomic E-state index is 11.8. The van der Waals surface area contributed by atoms with Crippen LogP contribution in [0, 0.1) is 5.92 Å². The summed E-state index contributed by atoms with van der Waals surface area (Å²) < 4.78 is 0. The Kier molecular flexibility index (Phi) is 8.47. The molecule has 1 atom stereocenters. The molecule has 0 aromatic rings. The molecule has 8 nitrogen and oxygen atoms in total. The van der Waals surface area contributed by atoms with Crippen LogP contribution in [0.5, 0.6) is 0 Å². The van der Waals surface area contributed by atoms with Crippen LogP contribution in [0.1, 0.15) is 39.0 Å².